The van der Waals surface area contributed by atoms with Crippen molar-refractivity contribution in [1.29, 1.82) is 0 Å². The van der Waals surface area contributed by atoms with E-state index in [-0.39, 0.29) is 28.9 Å². The molecule has 4 rings (SSSR count). The number of carbonyl (C=O) groups is 1. The minimum absolute atomic E-state index is 0.0326. The third-order valence-electron chi connectivity index (χ3n) is 5.21. The third-order valence-corrected chi connectivity index (χ3v) is 7.59. The van der Waals surface area contributed by atoms with Crippen LogP contribution in [0.5, 0.6) is 0 Å². The number of morpholine rings is 1. The predicted octanol–water partition coefficient (Wildman–Crippen LogP) is 2.61. The molecule has 8 nitrogen and oxygen atoms in total. The summed E-state index contributed by atoms with van der Waals surface area (Å²) in [6.45, 7) is 2.94. The number of rotatable bonds is 5. The SMILES string of the molecule is O=C(Nc1ccc(Cl)c(S(=O)(=O)N2CCOCC2)c1)c1cccnc1N1CCCC1. The number of anilines is 2. The Bertz CT molecular complexity index is 1030. The minimum Gasteiger partial charge on any atom is -0.379 e. The van der Waals surface area contributed by atoms with E-state index in [2.05, 4.69) is 15.2 Å². The number of nitrogens with zero attached hydrogens (tertiary/aromatic N) is 3. The Kier molecular flexibility index (Phi) is 6.24. The molecule has 2 saturated heterocycles. The highest BCUT2D eigenvalue weighted by Gasteiger charge is 2.29. The Morgan fingerprint density at radius 3 is 2.57 bits per heavy atom. The zero-order valence-electron chi connectivity index (χ0n) is 16.4. The lowest BCUT2D eigenvalue weighted by molar-refractivity contribution is 0.0730. The molecule has 2 aromatic rings. The van der Waals surface area contributed by atoms with Gasteiger partial charge in [0.2, 0.25) is 10.0 Å². The van der Waals surface area contributed by atoms with Gasteiger partial charge in [-0.1, -0.05) is 11.6 Å². The fourth-order valence-corrected chi connectivity index (χ4v) is 5.57. The first-order valence-corrected chi connectivity index (χ1v) is 11.7. The third kappa shape index (κ3) is 4.29. The Hall–Kier alpha value is -2.20. The van der Waals surface area contributed by atoms with Crippen LogP contribution in [0.2, 0.25) is 5.02 Å². The molecule has 10 heteroatoms. The maximum Gasteiger partial charge on any atom is 0.259 e. The lowest BCUT2D eigenvalue weighted by Gasteiger charge is -2.26. The number of hydrogen-bond donors (Lipinski definition) is 1. The summed E-state index contributed by atoms with van der Waals surface area (Å²) in [5.41, 5.74) is 0.805. The molecule has 0 spiro atoms. The van der Waals surface area contributed by atoms with Crippen LogP contribution in [0.1, 0.15) is 23.2 Å². The molecule has 0 aliphatic carbocycles. The highest BCUT2D eigenvalue weighted by Crippen LogP contribution is 2.29. The average molecular weight is 451 g/mol. The molecule has 160 valence electrons. The van der Waals surface area contributed by atoms with Crippen molar-refractivity contribution in [1.82, 2.24) is 9.29 Å². The minimum atomic E-state index is -3.79. The number of benzene rings is 1. The van der Waals surface area contributed by atoms with Gasteiger partial charge in [-0.15, -0.1) is 0 Å². The second-order valence-electron chi connectivity index (χ2n) is 7.18. The van der Waals surface area contributed by atoms with E-state index in [4.69, 9.17) is 16.3 Å². The monoisotopic (exact) mass is 450 g/mol. The number of nitrogens with one attached hydrogen (secondary N) is 1. The number of ether oxygens (including phenoxy) is 1. The zero-order valence-corrected chi connectivity index (χ0v) is 18.0. The maximum atomic E-state index is 13.0. The van der Waals surface area contributed by atoms with E-state index in [9.17, 15) is 13.2 Å². The summed E-state index contributed by atoms with van der Waals surface area (Å²) < 4.78 is 32.6. The molecule has 1 aromatic carbocycles. The Balaban J connectivity index is 1.59. The summed E-state index contributed by atoms with van der Waals surface area (Å²) >= 11 is 6.20. The van der Waals surface area contributed by atoms with Crippen LogP contribution in [0.4, 0.5) is 11.5 Å². The number of sulfonamides is 1. The Morgan fingerprint density at radius 1 is 1.10 bits per heavy atom. The second-order valence-corrected chi connectivity index (χ2v) is 9.50. The van der Waals surface area contributed by atoms with Gasteiger partial charge in [0.25, 0.3) is 5.91 Å². The molecular formula is C20H23ClN4O4S. The quantitative estimate of drug-likeness (QED) is 0.752. The van der Waals surface area contributed by atoms with Gasteiger partial charge in [-0.3, -0.25) is 4.79 Å². The van der Waals surface area contributed by atoms with E-state index >= 15 is 0 Å². The van der Waals surface area contributed by atoms with Crippen LogP contribution in [0.15, 0.2) is 41.4 Å². The molecule has 1 N–H and O–H groups in total. The van der Waals surface area contributed by atoms with E-state index in [0.29, 0.717) is 30.3 Å². The number of pyridine rings is 1. The molecule has 0 radical (unpaired) electrons. The van der Waals surface area contributed by atoms with Crippen molar-refractivity contribution in [2.45, 2.75) is 17.7 Å². The lowest BCUT2D eigenvalue weighted by atomic mass is 10.2. The van der Waals surface area contributed by atoms with E-state index in [0.717, 1.165) is 25.9 Å². The molecule has 3 heterocycles. The topological polar surface area (TPSA) is 91.8 Å². The molecule has 0 bridgehead atoms. The molecule has 30 heavy (non-hydrogen) atoms. The van der Waals surface area contributed by atoms with Crippen LogP contribution >= 0.6 is 11.6 Å². The van der Waals surface area contributed by atoms with Gasteiger partial charge in [0.1, 0.15) is 10.7 Å². The van der Waals surface area contributed by atoms with Crippen LogP contribution in [0.25, 0.3) is 0 Å². The summed E-state index contributed by atoms with van der Waals surface area (Å²) in [4.78, 5) is 19.4. The average Bonchev–Trinajstić information content (AvgIpc) is 3.30. The fourth-order valence-electron chi connectivity index (χ4n) is 3.66. The summed E-state index contributed by atoms with van der Waals surface area (Å²) in [5.74, 6) is 0.296. The van der Waals surface area contributed by atoms with Crippen molar-refractivity contribution in [3.63, 3.8) is 0 Å². The summed E-state index contributed by atoms with van der Waals surface area (Å²) in [7, 11) is -3.79. The van der Waals surface area contributed by atoms with Crippen molar-refractivity contribution in [2.24, 2.45) is 0 Å². The van der Waals surface area contributed by atoms with Gasteiger partial charge in [-0.25, -0.2) is 13.4 Å². The van der Waals surface area contributed by atoms with Crippen molar-refractivity contribution in [3.05, 3.63) is 47.1 Å². The molecule has 2 aliphatic heterocycles. The normalized spacial score (nSPS) is 17.8. The number of hydrogen-bond acceptors (Lipinski definition) is 6. The number of amides is 1. The zero-order chi connectivity index (χ0) is 21.1. The van der Waals surface area contributed by atoms with Crippen LogP contribution < -0.4 is 10.2 Å². The van der Waals surface area contributed by atoms with Gasteiger partial charge in [0.05, 0.1) is 23.8 Å². The summed E-state index contributed by atoms with van der Waals surface area (Å²) in [6.07, 6.45) is 3.80. The molecular weight excluding hydrogens is 428 g/mol. The number of carbonyl (C=O) groups excluding carboxylic acids is 1. The van der Waals surface area contributed by atoms with Gasteiger partial charge in [0.15, 0.2) is 0 Å². The van der Waals surface area contributed by atoms with Gasteiger partial charge in [-0.05, 0) is 43.2 Å². The van der Waals surface area contributed by atoms with Crippen molar-refractivity contribution < 1.29 is 17.9 Å². The molecule has 2 aliphatic rings. The van der Waals surface area contributed by atoms with E-state index in [1.807, 2.05) is 0 Å². The lowest BCUT2D eigenvalue weighted by Crippen LogP contribution is -2.40. The van der Waals surface area contributed by atoms with Crippen molar-refractivity contribution in [3.8, 4) is 0 Å². The Morgan fingerprint density at radius 2 is 1.83 bits per heavy atom. The molecule has 1 aromatic heterocycles. The van der Waals surface area contributed by atoms with Crippen LogP contribution in [-0.4, -0.2) is 63.0 Å². The molecule has 0 atom stereocenters. The molecule has 2 fully saturated rings. The number of halogens is 1. The first-order valence-electron chi connectivity index (χ1n) is 9.85. The summed E-state index contributed by atoms with van der Waals surface area (Å²) in [6, 6.07) is 7.90. The Labute approximate surface area is 180 Å². The van der Waals surface area contributed by atoms with Gasteiger partial charge >= 0.3 is 0 Å². The standard InChI is InChI=1S/C20H23ClN4O4S/c21-17-6-5-15(14-18(17)30(27,28)25-10-12-29-13-11-25)23-20(26)16-4-3-7-22-19(16)24-8-1-2-9-24/h3-7,14H,1-2,8-13H2,(H,23,26). The highest BCUT2D eigenvalue weighted by molar-refractivity contribution is 7.89. The van der Waals surface area contributed by atoms with Crippen LogP contribution in [0.3, 0.4) is 0 Å². The molecule has 1 amide bonds. The predicted molar refractivity (Wildman–Crippen MR) is 115 cm³/mol. The smallest absolute Gasteiger partial charge is 0.259 e. The first-order chi connectivity index (χ1) is 14.5. The van der Waals surface area contributed by atoms with Crippen molar-refractivity contribution in [2.75, 3.05) is 49.6 Å². The van der Waals surface area contributed by atoms with Crippen LogP contribution in [-0.2, 0) is 14.8 Å². The van der Waals surface area contributed by atoms with E-state index in [1.165, 1.54) is 16.4 Å². The largest absolute Gasteiger partial charge is 0.379 e. The molecule has 0 unspecified atom stereocenters. The van der Waals surface area contributed by atoms with Gasteiger partial charge < -0.3 is 15.0 Å². The fraction of sp³-hybridized carbons (Fsp3) is 0.400. The second kappa shape index (κ2) is 8.89. The summed E-state index contributed by atoms with van der Waals surface area (Å²) in [5, 5.41) is 2.90. The highest BCUT2D eigenvalue weighted by atomic mass is 35.5. The maximum absolute atomic E-state index is 13.0. The van der Waals surface area contributed by atoms with Gasteiger partial charge in [0, 0.05) is 38.1 Å². The van der Waals surface area contributed by atoms with E-state index < -0.39 is 10.0 Å². The number of aromatic nitrogens is 1. The first kappa shape index (κ1) is 21.0. The van der Waals surface area contributed by atoms with Crippen LogP contribution in [0, 0.1) is 0 Å². The molecule has 0 saturated carbocycles. The van der Waals surface area contributed by atoms with Gasteiger partial charge in [-0.2, -0.15) is 4.31 Å². The van der Waals surface area contributed by atoms with E-state index in [1.54, 1.807) is 24.4 Å². The van der Waals surface area contributed by atoms with Crippen molar-refractivity contribution >= 4 is 39.0 Å².